The fourth-order valence-electron chi connectivity index (χ4n) is 2.12. The molecule has 6 heteroatoms. The summed E-state index contributed by atoms with van der Waals surface area (Å²) in [5.41, 5.74) is -0.386. The standard InChI is InChI=1S/C12H14N2O4/c15-10-9(4-1-5-13-10)11(16)14-6-2-3-8(7-14)12(17)18/h1,4-5,8H,2-3,6-7H2,(H,13,15)(H,17,18)/t8-/m1/s1. The van der Waals surface area contributed by atoms with Gasteiger partial charge in [0.25, 0.3) is 11.5 Å². The van der Waals surface area contributed by atoms with Crippen LogP contribution >= 0.6 is 0 Å². The molecule has 0 aromatic carbocycles. The highest BCUT2D eigenvalue weighted by Crippen LogP contribution is 2.17. The Labute approximate surface area is 103 Å². The second kappa shape index (κ2) is 5.03. The van der Waals surface area contributed by atoms with E-state index >= 15 is 0 Å². The van der Waals surface area contributed by atoms with Crippen LogP contribution in [0.2, 0.25) is 0 Å². The number of amides is 1. The average molecular weight is 250 g/mol. The molecular weight excluding hydrogens is 236 g/mol. The number of rotatable bonds is 2. The van der Waals surface area contributed by atoms with Gasteiger partial charge in [0.05, 0.1) is 5.92 Å². The van der Waals surface area contributed by atoms with Crippen molar-refractivity contribution < 1.29 is 14.7 Å². The van der Waals surface area contributed by atoms with Gasteiger partial charge in [-0.2, -0.15) is 0 Å². The fourth-order valence-corrected chi connectivity index (χ4v) is 2.12. The number of nitrogens with one attached hydrogen (secondary N) is 1. The van der Waals surface area contributed by atoms with Crippen LogP contribution in [0.3, 0.4) is 0 Å². The first-order valence-electron chi connectivity index (χ1n) is 5.79. The highest BCUT2D eigenvalue weighted by atomic mass is 16.4. The van der Waals surface area contributed by atoms with E-state index in [2.05, 4.69) is 4.98 Å². The number of hydrogen-bond acceptors (Lipinski definition) is 3. The number of aromatic amines is 1. The molecule has 1 fully saturated rings. The van der Waals surface area contributed by atoms with Gasteiger partial charge in [-0.3, -0.25) is 14.4 Å². The summed E-state index contributed by atoms with van der Waals surface area (Å²) >= 11 is 0. The van der Waals surface area contributed by atoms with E-state index in [1.54, 1.807) is 6.07 Å². The van der Waals surface area contributed by atoms with E-state index in [0.29, 0.717) is 19.4 Å². The van der Waals surface area contributed by atoms with Crippen LogP contribution in [0.5, 0.6) is 0 Å². The van der Waals surface area contributed by atoms with Crippen LogP contribution in [0.4, 0.5) is 0 Å². The molecule has 2 rings (SSSR count). The van der Waals surface area contributed by atoms with E-state index in [4.69, 9.17) is 5.11 Å². The van der Waals surface area contributed by atoms with Crippen molar-refractivity contribution in [2.24, 2.45) is 5.92 Å². The fraction of sp³-hybridized carbons (Fsp3) is 0.417. The summed E-state index contributed by atoms with van der Waals surface area (Å²) in [4.78, 5) is 38.4. The molecule has 1 aromatic rings. The Kier molecular flexibility index (Phi) is 3.45. The lowest BCUT2D eigenvalue weighted by Gasteiger charge is -2.30. The summed E-state index contributed by atoms with van der Waals surface area (Å²) in [6.07, 6.45) is 2.67. The smallest absolute Gasteiger partial charge is 0.308 e. The molecule has 0 unspecified atom stereocenters. The zero-order chi connectivity index (χ0) is 13.1. The maximum atomic E-state index is 12.1. The Morgan fingerprint density at radius 1 is 1.44 bits per heavy atom. The first kappa shape index (κ1) is 12.3. The number of carbonyl (C=O) groups excluding carboxylic acids is 1. The average Bonchev–Trinajstić information content (AvgIpc) is 2.38. The van der Waals surface area contributed by atoms with Crippen molar-refractivity contribution in [2.45, 2.75) is 12.8 Å². The molecule has 1 aliphatic rings. The highest BCUT2D eigenvalue weighted by Gasteiger charge is 2.29. The highest BCUT2D eigenvalue weighted by molar-refractivity contribution is 5.94. The lowest BCUT2D eigenvalue weighted by atomic mass is 9.98. The van der Waals surface area contributed by atoms with Crippen LogP contribution in [0, 0.1) is 5.92 Å². The van der Waals surface area contributed by atoms with Gasteiger partial charge in [-0.05, 0) is 25.0 Å². The maximum absolute atomic E-state index is 12.1. The molecule has 1 atom stereocenters. The molecule has 0 radical (unpaired) electrons. The minimum absolute atomic E-state index is 0.0588. The summed E-state index contributed by atoms with van der Waals surface area (Å²) < 4.78 is 0. The molecule has 1 amide bonds. The van der Waals surface area contributed by atoms with Gasteiger partial charge in [0.1, 0.15) is 5.56 Å². The van der Waals surface area contributed by atoms with Crippen molar-refractivity contribution >= 4 is 11.9 Å². The third-order valence-corrected chi connectivity index (χ3v) is 3.11. The van der Waals surface area contributed by atoms with Gasteiger partial charge in [0.15, 0.2) is 0 Å². The van der Waals surface area contributed by atoms with Gasteiger partial charge in [-0.1, -0.05) is 0 Å². The molecule has 0 aliphatic carbocycles. The second-order valence-corrected chi connectivity index (χ2v) is 4.34. The molecule has 1 saturated heterocycles. The topological polar surface area (TPSA) is 90.5 Å². The van der Waals surface area contributed by atoms with Crippen LogP contribution in [-0.2, 0) is 4.79 Å². The predicted molar refractivity (Wildman–Crippen MR) is 63.3 cm³/mol. The minimum Gasteiger partial charge on any atom is -0.481 e. The van der Waals surface area contributed by atoms with Crippen molar-refractivity contribution in [3.63, 3.8) is 0 Å². The van der Waals surface area contributed by atoms with Crippen molar-refractivity contribution in [3.8, 4) is 0 Å². The molecule has 2 N–H and O–H groups in total. The predicted octanol–water partition coefficient (Wildman–Crippen LogP) is 0.312. The minimum atomic E-state index is -0.894. The van der Waals surface area contributed by atoms with Crippen LogP contribution in [0.25, 0.3) is 0 Å². The van der Waals surface area contributed by atoms with Gasteiger partial charge >= 0.3 is 5.97 Å². The van der Waals surface area contributed by atoms with Gasteiger partial charge < -0.3 is 15.0 Å². The molecule has 1 aromatic heterocycles. The van der Waals surface area contributed by atoms with Crippen LogP contribution in [-0.4, -0.2) is 40.0 Å². The second-order valence-electron chi connectivity index (χ2n) is 4.34. The molecular formula is C12H14N2O4. The van der Waals surface area contributed by atoms with Gasteiger partial charge in [0, 0.05) is 19.3 Å². The number of pyridine rings is 1. The normalized spacial score (nSPS) is 19.6. The third-order valence-electron chi connectivity index (χ3n) is 3.11. The number of nitrogens with zero attached hydrogens (tertiary/aromatic N) is 1. The molecule has 0 saturated carbocycles. The summed E-state index contributed by atoms with van der Waals surface area (Å²) in [6.45, 7) is 0.666. The van der Waals surface area contributed by atoms with Gasteiger partial charge in [-0.15, -0.1) is 0 Å². The number of likely N-dealkylation sites (tertiary alicyclic amines) is 1. The molecule has 0 spiro atoms. The SMILES string of the molecule is O=C(O)[C@@H]1CCCN(C(=O)c2ccc[nH]c2=O)C1. The van der Waals surface area contributed by atoms with E-state index < -0.39 is 23.4 Å². The number of carboxylic acids is 1. The van der Waals surface area contributed by atoms with E-state index in [1.807, 2.05) is 0 Å². The molecule has 2 heterocycles. The number of piperidine rings is 1. The molecule has 1 aliphatic heterocycles. The Hall–Kier alpha value is -2.11. The number of carbonyl (C=O) groups is 2. The van der Waals surface area contributed by atoms with E-state index in [9.17, 15) is 14.4 Å². The third kappa shape index (κ3) is 2.42. The molecule has 96 valence electrons. The number of aromatic nitrogens is 1. The Morgan fingerprint density at radius 2 is 2.22 bits per heavy atom. The summed E-state index contributed by atoms with van der Waals surface area (Å²) in [5, 5.41) is 8.96. The maximum Gasteiger partial charge on any atom is 0.308 e. The summed E-state index contributed by atoms with van der Waals surface area (Å²) in [7, 11) is 0. The van der Waals surface area contributed by atoms with E-state index in [1.165, 1.54) is 17.2 Å². The zero-order valence-electron chi connectivity index (χ0n) is 9.76. The van der Waals surface area contributed by atoms with E-state index in [-0.39, 0.29) is 12.1 Å². The van der Waals surface area contributed by atoms with Crippen LogP contribution in [0.15, 0.2) is 23.1 Å². The number of hydrogen-bond donors (Lipinski definition) is 2. The summed E-state index contributed by atoms with van der Waals surface area (Å²) in [5.74, 6) is -1.83. The Morgan fingerprint density at radius 3 is 2.89 bits per heavy atom. The monoisotopic (exact) mass is 250 g/mol. The van der Waals surface area contributed by atoms with Crippen molar-refractivity contribution in [3.05, 3.63) is 34.2 Å². The Bertz CT molecular complexity index is 523. The van der Waals surface area contributed by atoms with Crippen LogP contribution in [0.1, 0.15) is 23.2 Å². The van der Waals surface area contributed by atoms with Crippen molar-refractivity contribution in [2.75, 3.05) is 13.1 Å². The number of aliphatic carboxylic acids is 1. The van der Waals surface area contributed by atoms with Crippen LogP contribution < -0.4 is 5.56 Å². The van der Waals surface area contributed by atoms with Crippen molar-refractivity contribution in [1.29, 1.82) is 0 Å². The first-order valence-corrected chi connectivity index (χ1v) is 5.79. The zero-order valence-corrected chi connectivity index (χ0v) is 9.76. The summed E-state index contributed by atoms with van der Waals surface area (Å²) in [6, 6.07) is 3.03. The molecule has 6 nitrogen and oxygen atoms in total. The number of H-pyrrole nitrogens is 1. The molecule has 18 heavy (non-hydrogen) atoms. The van der Waals surface area contributed by atoms with Gasteiger partial charge in [-0.25, -0.2) is 0 Å². The first-order chi connectivity index (χ1) is 8.59. The lowest BCUT2D eigenvalue weighted by Crippen LogP contribution is -2.43. The molecule has 0 bridgehead atoms. The largest absolute Gasteiger partial charge is 0.481 e. The number of carboxylic acid groups (broad SMARTS) is 1. The van der Waals surface area contributed by atoms with Gasteiger partial charge in [0.2, 0.25) is 0 Å². The lowest BCUT2D eigenvalue weighted by molar-refractivity contribution is -0.143. The van der Waals surface area contributed by atoms with E-state index in [0.717, 1.165) is 0 Å². The Balaban J connectivity index is 2.17. The van der Waals surface area contributed by atoms with Crippen molar-refractivity contribution in [1.82, 2.24) is 9.88 Å². The quantitative estimate of drug-likeness (QED) is 0.790.